The smallest absolute Gasteiger partial charge is 0.128 e. The van der Waals surface area contributed by atoms with Crippen LogP contribution in [0.5, 0.6) is 0 Å². The summed E-state index contributed by atoms with van der Waals surface area (Å²) in [6, 6.07) is 7.78. The van der Waals surface area contributed by atoms with E-state index in [0.717, 1.165) is 18.0 Å². The summed E-state index contributed by atoms with van der Waals surface area (Å²) in [5.41, 5.74) is 6.74. The van der Waals surface area contributed by atoms with Gasteiger partial charge in [0.25, 0.3) is 0 Å². The Bertz CT molecular complexity index is 435. The van der Waals surface area contributed by atoms with Gasteiger partial charge in [-0.05, 0) is 37.8 Å². The van der Waals surface area contributed by atoms with Crippen molar-refractivity contribution >= 4 is 0 Å². The number of nitrogens with two attached hydrogens (primary N) is 1. The van der Waals surface area contributed by atoms with E-state index < -0.39 is 0 Å². The highest BCUT2D eigenvalue weighted by Crippen LogP contribution is 2.40. The monoisotopic (exact) mass is 262 g/mol. The lowest BCUT2D eigenvalue weighted by Gasteiger charge is -2.37. The summed E-state index contributed by atoms with van der Waals surface area (Å²) in [6.07, 6.45) is 6.54. The molecule has 3 unspecified atom stereocenters. The van der Waals surface area contributed by atoms with Gasteiger partial charge in [0.2, 0.25) is 0 Å². The van der Waals surface area contributed by atoms with E-state index in [1.165, 1.54) is 32.1 Å². The average molecular weight is 262 g/mol. The maximum atomic E-state index is 14.0. The summed E-state index contributed by atoms with van der Waals surface area (Å²) < 4.78 is 14.0. The van der Waals surface area contributed by atoms with E-state index in [1.807, 2.05) is 12.1 Å². The molecule has 0 spiro atoms. The Hall–Kier alpha value is -0.930. The van der Waals surface area contributed by atoms with Crippen molar-refractivity contribution in [3.63, 3.8) is 0 Å². The standard InChI is InChI=1S/C16H23FN2/c17-14-7-3-2-6-13(14)16(11-18)19-10-9-12-5-1-4-8-15(12)19/h2-3,6-7,12,15-16H,1,4-5,8-11,18H2. The molecule has 2 fully saturated rings. The van der Waals surface area contributed by atoms with Crippen LogP contribution in [0.25, 0.3) is 0 Å². The molecule has 0 radical (unpaired) electrons. The van der Waals surface area contributed by atoms with Crippen molar-refractivity contribution in [3.8, 4) is 0 Å². The molecular weight excluding hydrogens is 239 g/mol. The molecule has 1 aromatic rings. The van der Waals surface area contributed by atoms with Crippen molar-refractivity contribution in [3.05, 3.63) is 35.6 Å². The SMILES string of the molecule is NCC(c1ccccc1F)N1CCC2CCCCC21. The second kappa shape index (κ2) is 5.59. The number of hydrogen-bond donors (Lipinski definition) is 1. The van der Waals surface area contributed by atoms with E-state index in [9.17, 15) is 4.39 Å². The molecule has 2 nitrogen and oxygen atoms in total. The molecule has 3 atom stereocenters. The lowest BCUT2D eigenvalue weighted by atomic mass is 9.84. The molecule has 2 N–H and O–H groups in total. The third kappa shape index (κ3) is 2.41. The van der Waals surface area contributed by atoms with Gasteiger partial charge in [0, 0.05) is 18.2 Å². The minimum atomic E-state index is -0.114. The van der Waals surface area contributed by atoms with Crippen LogP contribution >= 0.6 is 0 Å². The van der Waals surface area contributed by atoms with Gasteiger partial charge in [-0.25, -0.2) is 4.39 Å². The summed E-state index contributed by atoms with van der Waals surface area (Å²) >= 11 is 0. The maximum absolute atomic E-state index is 14.0. The first-order chi connectivity index (χ1) is 9.31. The van der Waals surface area contributed by atoms with Crippen molar-refractivity contribution in [1.29, 1.82) is 0 Å². The van der Waals surface area contributed by atoms with E-state index in [1.54, 1.807) is 12.1 Å². The summed E-state index contributed by atoms with van der Waals surface area (Å²) in [6.45, 7) is 1.58. The highest BCUT2D eigenvalue weighted by molar-refractivity contribution is 5.22. The van der Waals surface area contributed by atoms with Gasteiger partial charge in [0.15, 0.2) is 0 Å². The number of hydrogen-bond acceptors (Lipinski definition) is 2. The molecule has 104 valence electrons. The quantitative estimate of drug-likeness (QED) is 0.907. The molecule has 2 aliphatic rings. The number of halogens is 1. The molecular formula is C16H23FN2. The Labute approximate surface area is 114 Å². The van der Waals surface area contributed by atoms with E-state index >= 15 is 0 Å². The van der Waals surface area contributed by atoms with Crippen LogP contribution in [-0.2, 0) is 0 Å². The molecule has 1 aromatic carbocycles. The number of nitrogens with zero attached hydrogens (tertiary/aromatic N) is 1. The second-order valence-electron chi connectivity index (χ2n) is 5.91. The number of benzene rings is 1. The van der Waals surface area contributed by atoms with Gasteiger partial charge in [-0.15, -0.1) is 0 Å². The molecule has 0 amide bonds. The maximum Gasteiger partial charge on any atom is 0.128 e. The molecule has 3 rings (SSSR count). The van der Waals surface area contributed by atoms with Gasteiger partial charge in [-0.3, -0.25) is 4.90 Å². The molecule has 1 aliphatic heterocycles. The number of rotatable bonds is 3. The average Bonchev–Trinajstić information content (AvgIpc) is 2.86. The van der Waals surface area contributed by atoms with E-state index in [2.05, 4.69) is 4.90 Å². The van der Waals surface area contributed by atoms with Crippen LogP contribution in [0.1, 0.15) is 43.7 Å². The van der Waals surface area contributed by atoms with Crippen LogP contribution in [0.15, 0.2) is 24.3 Å². The fourth-order valence-electron chi connectivity index (χ4n) is 4.02. The molecule has 0 bridgehead atoms. The van der Waals surface area contributed by atoms with Crippen molar-refractivity contribution in [1.82, 2.24) is 4.90 Å². The van der Waals surface area contributed by atoms with Crippen molar-refractivity contribution in [2.24, 2.45) is 11.7 Å². The summed E-state index contributed by atoms with van der Waals surface area (Å²) in [5, 5.41) is 0. The minimum absolute atomic E-state index is 0.0503. The van der Waals surface area contributed by atoms with E-state index in [-0.39, 0.29) is 11.9 Å². The zero-order valence-corrected chi connectivity index (χ0v) is 11.4. The first kappa shape index (κ1) is 13.1. The summed E-state index contributed by atoms with van der Waals surface area (Å²) in [5.74, 6) is 0.701. The second-order valence-corrected chi connectivity index (χ2v) is 5.91. The predicted molar refractivity (Wildman–Crippen MR) is 75.3 cm³/mol. The van der Waals surface area contributed by atoms with E-state index in [4.69, 9.17) is 5.73 Å². The normalized spacial score (nSPS) is 29.2. The highest BCUT2D eigenvalue weighted by Gasteiger charge is 2.39. The number of likely N-dealkylation sites (tertiary alicyclic amines) is 1. The largest absolute Gasteiger partial charge is 0.329 e. The molecule has 1 heterocycles. The van der Waals surface area contributed by atoms with Crippen molar-refractivity contribution < 1.29 is 4.39 Å². The van der Waals surface area contributed by atoms with Gasteiger partial charge < -0.3 is 5.73 Å². The van der Waals surface area contributed by atoms with Crippen LogP contribution in [0.4, 0.5) is 4.39 Å². The van der Waals surface area contributed by atoms with Gasteiger partial charge in [0.1, 0.15) is 5.82 Å². The minimum Gasteiger partial charge on any atom is -0.329 e. The van der Waals surface area contributed by atoms with Gasteiger partial charge in [-0.1, -0.05) is 31.0 Å². The fourth-order valence-corrected chi connectivity index (χ4v) is 4.02. The molecule has 19 heavy (non-hydrogen) atoms. The topological polar surface area (TPSA) is 29.3 Å². The van der Waals surface area contributed by atoms with Gasteiger partial charge in [0.05, 0.1) is 6.04 Å². The lowest BCUT2D eigenvalue weighted by Crippen LogP contribution is -2.40. The molecule has 3 heteroatoms. The van der Waals surface area contributed by atoms with Crippen molar-refractivity contribution in [2.75, 3.05) is 13.1 Å². The van der Waals surface area contributed by atoms with Crippen LogP contribution in [-0.4, -0.2) is 24.0 Å². The van der Waals surface area contributed by atoms with Gasteiger partial charge in [-0.2, -0.15) is 0 Å². The summed E-state index contributed by atoms with van der Waals surface area (Å²) in [7, 11) is 0. The Morgan fingerprint density at radius 3 is 2.79 bits per heavy atom. The zero-order valence-electron chi connectivity index (χ0n) is 11.4. The van der Waals surface area contributed by atoms with Crippen LogP contribution < -0.4 is 5.73 Å². The molecule has 0 aromatic heterocycles. The first-order valence-corrected chi connectivity index (χ1v) is 7.51. The van der Waals surface area contributed by atoms with E-state index in [0.29, 0.717) is 12.6 Å². The van der Waals surface area contributed by atoms with Crippen molar-refractivity contribution in [2.45, 2.75) is 44.2 Å². The van der Waals surface area contributed by atoms with Crippen LogP contribution in [0.2, 0.25) is 0 Å². The Morgan fingerprint density at radius 2 is 2.00 bits per heavy atom. The first-order valence-electron chi connectivity index (χ1n) is 7.51. The van der Waals surface area contributed by atoms with Crippen LogP contribution in [0.3, 0.4) is 0 Å². The van der Waals surface area contributed by atoms with Crippen LogP contribution in [0, 0.1) is 11.7 Å². The Balaban J connectivity index is 1.85. The molecule has 1 aliphatic carbocycles. The molecule has 1 saturated heterocycles. The Morgan fingerprint density at radius 1 is 1.21 bits per heavy atom. The number of fused-ring (bicyclic) bond motifs is 1. The predicted octanol–water partition coefficient (Wildman–Crippen LogP) is 3.09. The summed E-state index contributed by atoms with van der Waals surface area (Å²) in [4.78, 5) is 2.47. The van der Waals surface area contributed by atoms with Gasteiger partial charge >= 0.3 is 0 Å². The fraction of sp³-hybridized carbons (Fsp3) is 0.625. The Kier molecular flexibility index (Phi) is 3.85. The highest BCUT2D eigenvalue weighted by atomic mass is 19.1. The third-order valence-electron chi connectivity index (χ3n) is 4.94. The zero-order chi connectivity index (χ0) is 13.2. The molecule has 1 saturated carbocycles. The third-order valence-corrected chi connectivity index (χ3v) is 4.94. The lowest BCUT2D eigenvalue weighted by molar-refractivity contribution is 0.133.